The number of benzene rings is 1. The lowest BCUT2D eigenvalue weighted by molar-refractivity contribution is 0.208. The van der Waals surface area contributed by atoms with Crippen molar-refractivity contribution in [1.29, 1.82) is 0 Å². The smallest absolute Gasteiger partial charge is 0.122 e. The number of phenolic OH excluding ortho intramolecular Hbond substituents is 1. The summed E-state index contributed by atoms with van der Waals surface area (Å²) in [6.45, 7) is 1.31. The van der Waals surface area contributed by atoms with Crippen LogP contribution in [0.15, 0.2) is 24.3 Å². The quantitative estimate of drug-likeness (QED) is 0.844. The Bertz CT molecular complexity index is 353. The van der Waals surface area contributed by atoms with Crippen LogP contribution in [0.3, 0.4) is 0 Å². The van der Waals surface area contributed by atoms with E-state index in [9.17, 15) is 5.11 Å². The lowest BCUT2D eigenvalue weighted by Crippen LogP contribution is -2.29. The van der Waals surface area contributed by atoms with Crippen LogP contribution in [0.1, 0.15) is 6.42 Å². The lowest BCUT2D eigenvalue weighted by atomic mass is 9.93. The Balaban J connectivity index is 1.87. The van der Waals surface area contributed by atoms with E-state index in [1.165, 1.54) is 17.9 Å². The average molecular weight is 253 g/mol. The maximum absolute atomic E-state index is 9.34. The van der Waals surface area contributed by atoms with Gasteiger partial charge < -0.3 is 15.6 Å². The number of ether oxygens (including phenoxy) is 1. The van der Waals surface area contributed by atoms with Crippen molar-refractivity contribution in [2.24, 2.45) is 17.6 Å². The molecule has 3 nitrogen and oxygen atoms in total. The van der Waals surface area contributed by atoms with Crippen molar-refractivity contribution in [3.63, 3.8) is 0 Å². The molecule has 0 amide bonds. The van der Waals surface area contributed by atoms with Gasteiger partial charge in [-0.05, 0) is 42.5 Å². The van der Waals surface area contributed by atoms with E-state index in [2.05, 4.69) is 0 Å². The zero-order chi connectivity index (χ0) is 12.1. The van der Waals surface area contributed by atoms with Gasteiger partial charge in [0.2, 0.25) is 0 Å². The van der Waals surface area contributed by atoms with Crippen molar-refractivity contribution >= 4 is 11.8 Å². The van der Waals surface area contributed by atoms with Gasteiger partial charge in [-0.25, -0.2) is 0 Å². The minimum atomic E-state index is 0.239. The van der Waals surface area contributed by atoms with E-state index >= 15 is 0 Å². The summed E-state index contributed by atoms with van der Waals surface area (Å²) in [6.07, 6.45) is 1.25. The molecule has 1 aliphatic rings. The number of hydrogen-bond acceptors (Lipinski definition) is 4. The molecule has 0 aliphatic carbocycles. The summed E-state index contributed by atoms with van der Waals surface area (Å²) < 4.78 is 5.70. The van der Waals surface area contributed by atoms with E-state index < -0.39 is 0 Å². The topological polar surface area (TPSA) is 55.5 Å². The standard InChI is InChI=1S/C13H19NO2S/c14-7-11(10-4-5-17-9-10)8-16-13-3-1-2-12(15)6-13/h1-3,6,10-11,15H,4-5,7-9,14H2. The third kappa shape index (κ3) is 3.54. The Morgan fingerprint density at radius 2 is 2.41 bits per heavy atom. The summed E-state index contributed by atoms with van der Waals surface area (Å²) in [5.41, 5.74) is 5.81. The first-order chi connectivity index (χ1) is 8.29. The van der Waals surface area contributed by atoms with Crippen LogP contribution < -0.4 is 10.5 Å². The molecule has 2 rings (SSSR count). The number of phenols is 1. The van der Waals surface area contributed by atoms with Gasteiger partial charge in [0.1, 0.15) is 11.5 Å². The summed E-state index contributed by atoms with van der Waals surface area (Å²) in [7, 11) is 0. The Hall–Kier alpha value is -0.870. The van der Waals surface area contributed by atoms with Gasteiger partial charge in [-0.1, -0.05) is 6.07 Å². The molecule has 3 N–H and O–H groups in total. The van der Waals surface area contributed by atoms with Crippen LogP contribution in [0.4, 0.5) is 0 Å². The van der Waals surface area contributed by atoms with E-state index in [-0.39, 0.29) is 5.75 Å². The highest BCUT2D eigenvalue weighted by Crippen LogP contribution is 2.30. The number of rotatable bonds is 5. The third-order valence-electron chi connectivity index (χ3n) is 3.22. The summed E-state index contributed by atoms with van der Waals surface area (Å²) >= 11 is 2.00. The largest absolute Gasteiger partial charge is 0.508 e. The minimum Gasteiger partial charge on any atom is -0.508 e. The minimum absolute atomic E-state index is 0.239. The molecule has 1 saturated heterocycles. The van der Waals surface area contributed by atoms with Crippen molar-refractivity contribution in [2.75, 3.05) is 24.7 Å². The average Bonchev–Trinajstić information content (AvgIpc) is 2.84. The SMILES string of the molecule is NCC(COc1cccc(O)c1)C1CCSC1. The number of nitrogens with two attached hydrogens (primary N) is 1. The second kappa shape index (κ2) is 6.17. The second-order valence-corrected chi connectivity index (χ2v) is 5.58. The zero-order valence-electron chi connectivity index (χ0n) is 9.84. The summed E-state index contributed by atoms with van der Waals surface area (Å²) in [4.78, 5) is 0. The van der Waals surface area contributed by atoms with Crippen LogP contribution in [-0.4, -0.2) is 29.8 Å². The second-order valence-electron chi connectivity index (χ2n) is 4.43. The highest BCUT2D eigenvalue weighted by Gasteiger charge is 2.24. The van der Waals surface area contributed by atoms with Gasteiger partial charge in [0.05, 0.1) is 6.61 Å². The fourth-order valence-corrected chi connectivity index (χ4v) is 3.48. The fraction of sp³-hybridized carbons (Fsp3) is 0.538. The van der Waals surface area contributed by atoms with Crippen LogP contribution >= 0.6 is 11.8 Å². The molecule has 17 heavy (non-hydrogen) atoms. The van der Waals surface area contributed by atoms with E-state index in [1.54, 1.807) is 18.2 Å². The molecule has 1 aliphatic heterocycles. The Kier molecular flexibility index (Phi) is 4.57. The van der Waals surface area contributed by atoms with Gasteiger partial charge in [0.15, 0.2) is 0 Å². The molecule has 1 fully saturated rings. The molecule has 0 radical (unpaired) electrons. The van der Waals surface area contributed by atoms with Crippen molar-refractivity contribution in [3.8, 4) is 11.5 Å². The molecule has 2 atom stereocenters. The number of aromatic hydroxyl groups is 1. The summed E-state index contributed by atoms with van der Waals surface area (Å²) in [6, 6.07) is 6.92. The van der Waals surface area contributed by atoms with Crippen LogP contribution in [0.5, 0.6) is 11.5 Å². The first kappa shape index (κ1) is 12.6. The summed E-state index contributed by atoms with van der Waals surface area (Å²) in [5, 5.41) is 9.34. The maximum Gasteiger partial charge on any atom is 0.122 e. The molecule has 1 heterocycles. The maximum atomic E-state index is 9.34. The Labute approximate surface area is 106 Å². The molecule has 0 saturated carbocycles. The molecular weight excluding hydrogens is 234 g/mol. The molecule has 1 aromatic rings. The predicted octanol–water partition coefficient (Wildman–Crippen LogP) is 2.10. The molecule has 0 spiro atoms. The molecule has 1 aromatic carbocycles. The Morgan fingerprint density at radius 3 is 3.06 bits per heavy atom. The van der Waals surface area contributed by atoms with Crippen molar-refractivity contribution in [2.45, 2.75) is 6.42 Å². The van der Waals surface area contributed by atoms with Crippen molar-refractivity contribution in [3.05, 3.63) is 24.3 Å². The summed E-state index contributed by atoms with van der Waals surface area (Å²) in [5.74, 6) is 4.51. The zero-order valence-corrected chi connectivity index (χ0v) is 10.7. The van der Waals surface area contributed by atoms with Crippen LogP contribution in [-0.2, 0) is 0 Å². The molecule has 0 aromatic heterocycles. The van der Waals surface area contributed by atoms with E-state index in [0.29, 0.717) is 30.7 Å². The molecule has 4 heteroatoms. The highest BCUT2D eigenvalue weighted by atomic mass is 32.2. The lowest BCUT2D eigenvalue weighted by Gasteiger charge is -2.21. The van der Waals surface area contributed by atoms with Crippen molar-refractivity contribution < 1.29 is 9.84 Å². The van der Waals surface area contributed by atoms with Gasteiger partial charge in [-0.3, -0.25) is 0 Å². The van der Waals surface area contributed by atoms with Crippen LogP contribution in [0.25, 0.3) is 0 Å². The van der Waals surface area contributed by atoms with Crippen molar-refractivity contribution in [1.82, 2.24) is 0 Å². The monoisotopic (exact) mass is 253 g/mol. The number of hydrogen-bond donors (Lipinski definition) is 2. The third-order valence-corrected chi connectivity index (χ3v) is 4.40. The fourth-order valence-electron chi connectivity index (χ4n) is 2.10. The molecule has 94 valence electrons. The van der Waals surface area contributed by atoms with Gasteiger partial charge in [-0.2, -0.15) is 11.8 Å². The van der Waals surface area contributed by atoms with Gasteiger partial charge >= 0.3 is 0 Å². The van der Waals surface area contributed by atoms with Crippen LogP contribution in [0.2, 0.25) is 0 Å². The van der Waals surface area contributed by atoms with E-state index in [1.807, 2.05) is 17.8 Å². The Morgan fingerprint density at radius 1 is 1.53 bits per heavy atom. The predicted molar refractivity (Wildman–Crippen MR) is 71.6 cm³/mol. The van der Waals surface area contributed by atoms with E-state index in [4.69, 9.17) is 10.5 Å². The molecule has 2 unspecified atom stereocenters. The first-order valence-electron chi connectivity index (χ1n) is 5.99. The van der Waals surface area contributed by atoms with Gasteiger partial charge in [0, 0.05) is 12.0 Å². The molecule has 0 bridgehead atoms. The normalized spacial score (nSPS) is 21.4. The first-order valence-corrected chi connectivity index (χ1v) is 7.14. The van der Waals surface area contributed by atoms with Gasteiger partial charge in [-0.15, -0.1) is 0 Å². The number of thioether (sulfide) groups is 1. The molecular formula is C13H19NO2S. The highest BCUT2D eigenvalue weighted by molar-refractivity contribution is 7.99. The van der Waals surface area contributed by atoms with Crippen LogP contribution in [0, 0.1) is 11.8 Å². The van der Waals surface area contributed by atoms with Gasteiger partial charge in [0.25, 0.3) is 0 Å². The van der Waals surface area contributed by atoms with E-state index in [0.717, 1.165) is 0 Å².